The number of hydrogen-bond donors (Lipinski definition) is 0. The second-order valence-corrected chi connectivity index (χ2v) is 6.01. The smallest absolute Gasteiger partial charge is 0.339 e. The number of carbonyl (C=O) groups excluding carboxylic acids is 2. The van der Waals surface area contributed by atoms with Gasteiger partial charge in [-0.2, -0.15) is 0 Å². The molecular weight excluding hydrogens is 369 g/mol. The van der Waals surface area contributed by atoms with Crippen LogP contribution in [0.5, 0.6) is 0 Å². The van der Waals surface area contributed by atoms with Crippen molar-refractivity contribution in [3.05, 3.63) is 33.4 Å². The topological polar surface area (TPSA) is 46.6 Å². The number of esters is 1. The Kier molecular flexibility index (Phi) is 5.82. The number of rotatable bonds is 3. The van der Waals surface area contributed by atoms with Crippen LogP contribution in [0.25, 0.3) is 0 Å². The summed E-state index contributed by atoms with van der Waals surface area (Å²) in [5.41, 5.74) is 0.511. The maximum Gasteiger partial charge on any atom is 0.339 e. The zero-order valence-electron chi connectivity index (χ0n) is 11.3. The van der Waals surface area contributed by atoms with Gasteiger partial charge in [0, 0.05) is 16.7 Å². The molecule has 0 aliphatic carbocycles. The highest BCUT2D eigenvalue weighted by Crippen LogP contribution is 2.13. The van der Waals surface area contributed by atoms with Gasteiger partial charge in [0.2, 0.25) is 0 Å². The third-order valence-electron chi connectivity index (χ3n) is 3.38. The quantitative estimate of drug-likeness (QED) is 0.592. The Bertz CT molecular complexity index is 482. The fraction of sp³-hybridized carbons (Fsp3) is 0.467. The van der Waals surface area contributed by atoms with Crippen molar-refractivity contribution in [2.24, 2.45) is 0 Å². The van der Waals surface area contributed by atoms with Gasteiger partial charge in [0.15, 0.2) is 6.61 Å². The predicted molar refractivity (Wildman–Crippen MR) is 84.5 cm³/mol. The summed E-state index contributed by atoms with van der Waals surface area (Å²) >= 11 is 2.08. The van der Waals surface area contributed by atoms with E-state index in [1.54, 1.807) is 17.0 Å². The summed E-state index contributed by atoms with van der Waals surface area (Å²) < 4.78 is 5.96. The molecule has 0 N–H and O–H groups in total. The molecule has 1 fully saturated rings. The van der Waals surface area contributed by atoms with Crippen LogP contribution < -0.4 is 0 Å². The normalized spacial score (nSPS) is 15.6. The van der Waals surface area contributed by atoms with E-state index < -0.39 is 5.97 Å². The van der Waals surface area contributed by atoms with E-state index in [4.69, 9.17) is 4.74 Å². The maximum absolute atomic E-state index is 12.0. The minimum Gasteiger partial charge on any atom is -0.452 e. The van der Waals surface area contributed by atoms with Gasteiger partial charge in [0.25, 0.3) is 5.91 Å². The van der Waals surface area contributed by atoms with Gasteiger partial charge in [-0.1, -0.05) is 25.0 Å². The van der Waals surface area contributed by atoms with Crippen LogP contribution in [0.2, 0.25) is 0 Å². The molecule has 1 aliphatic rings. The van der Waals surface area contributed by atoms with Gasteiger partial charge < -0.3 is 9.64 Å². The van der Waals surface area contributed by atoms with E-state index in [9.17, 15) is 9.59 Å². The van der Waals surface area contributed by atoms with Crippen molar-refractivity contribution in [1.29, 1.82) is 0 Å². The standard InChI is InChI=1S/C15H18INO3/c16-13-8-4-3-7-12(13)15(19)20-11-14(18)17-9-5-1-2-6-10-17/h3-4,7-8H,1-2,5-6,9-11H2. The Labute approximate surface area is 132 Å². The third-order valence-corrected chi connectivity index (χ3v) is 4.32. The summed E-state index contributed by atoms with van der Waals surface area (Å²) in [6.45, 7) is 1.39. The molecule has 0 spiro atoms. The fourth-order valence-corrected chi connectivity index (χ4v) is 2.85. The van der Waals surface area contributed by atoms with Crippen LogP contribution in [0.4, 0.5) is 0 Å². The summed E-state index contributed by atoms with van der Waals surface area (Å²) in [6, 6.07) is 7.20. The Hall–Kier alpha value is -1.11. The number of nitrogens with zero attached hydrogens (tertiary/aromatic N) is 1. The lowest BCUT2D eigenvalue weighted by atomic mass is 10.2. The molecule has 0 bridgehead atoms. The third kappa shape index (κ3) is 4.19. The average molecular weight is 387 g/mol. The van der Waals surface area contributed by atoms with Crippen molar-refractivity contribution in [3.63, 3.8) is 0 Å². The van der Waals surface area contributed by atoms with E-state index in [2.05, 4.69) is 22.6 Å². The summed E-state index contributed by atoms with van der Waals surface area (Å²) in [4.78, 5) is 25.7. The first-order valence-electron chi connectivity index (χ1n) is 6.88. The first kappa shape index (κ1) is 15.3. The monoisotopic (exact) mass is 387 g/mol. The van der Waals surface area contributed by atoms with Gasteiger partial charge in [-0.3, -0.25) is 4.79 Å². The lowest BCUT2D eigenvalue weighted by molar-refractivity contribution is -0.134. The maximum atomic E-state index is 12.0. The minimum absolute atomic E-state index is 0.0915. The van der Waals surface area contributed by atoms with Gasteiger partial charge in [-0.15, -0.1) is 0 Å². The highest BCUT2D eigenvalue weighted by atomic mass is 127. The SMILES string of the molecule is O=C(OCC(=O)N1CCCCCC1)c1ccccc1I. The van der Waals surface area contributed by atoms with Crippen LogP contribution in [0, 0.1) is 3.57 Å². The van der Waals surface area contributed by atoms with Crippen molar-refractivity contribution in [3.8, 4) is 0 Å². The second-order valence-electron chi connectivity index (χ2n) is 4.85. The molecule has 1 aromatic rings. The van der Waals surface area contributed by atoms with Crippen molar-refractivity contribution in [2.45, 2.75) is 25.7 Å². The van der Waals surface area contributed by atoms with Crippen LogP contribution in [0.3, 0.4) is 0 Å². The molecule has 4 nitrogen and oxygen atoms in total. The molecule has 1 heterocycles. The molecule has 0 saturated carbocycles. The molecule has 0 aromatic heterocycles. The second kappa shape index (κ2) is 7.61. The molecule has 1 saturated heterocycles. The largest absolute Gasteiger partial charge is 0.452 e. The highest BCUT2D eigenvalue weighted by Gasteiger charge is 2.18. The molecule has 0 unspecified atom stereocenters. The first-order chi connectivity index (χ1) is 9.68. The van der Waals surface area contributed by atoms with Crippen molar-refractivity contribution in [1.82, 2.24) is 4.90 Å². The Morgan fingerprint density at radius 3 is 2.40 bits per heavy atom. The van der Waals surface area contributed by atoms with E-state index in [-0.39, 0.29) is 12.5 Å². The summed E-state index contributed by atoms with van der Waals surface area (Å²) in [5.74, 6) is -0.524. The molecule has 5 heteroatoms. The summed E-state index contributed by atoms with van der Waals surface area (Å²) in [7, 11) is 0. The van der Waals surface area contributed by atoms with Gasteiger partial charge in [0.05, 0.1) is 5.56 Å². The fourth-order valence-electron chi connectivity index (χ4n) is 2.24. The lowest BCUT2D eigenvalue weighted by Gasteiger charge is -2.20. The van der Waals surface area contributed by atoms with Crippen LogP contribution in [0.15, 0.2) is 24.3 Å². The van der Waals surface area contributed by atoms with Gasteiger partial charge >= 0.3 is 5.97 Å². The number of ether oxygens (including phenoxy) is 1. The first-order valence-corrected chi connectivity index (χ1v) is 7.96. The van der Waals surface area contributed by atoms with E-state index >= 15 is 0 Å². The average Bonchev–Trinajstić information content (AvgIpc) is 2.74. The molecule has 108 valence electrons. The number of hydrogen-bond acceptors (Lipinski definition) is 3. The van der Waals surface area contributed by atoms with Gasteiger partial charge in [-0.25, -0.2) is 4.79 Å². The minimum atomic E-state index is -0.432. The van der Waals surface area contributed by atoms with E-state index in [0.717, 1.165) is 29.5 Å². The number of carbonyl (C=O) groups is 2. The molecule has 0 atom stereocenters. The number of benzene rings is 1. The molecule has 20 heavy (non-hydrogen) atoms. The van der Waals surface area contributed by atoms with E-state index in [0.29, 0.717) is 5.56 Å². The van der Waals surface area contributed by atoms with Crippen LogP contribution in [0.1, 0.15) is 36.0 Å². The zero-order chi connectivity index (χ0) is 14.4. The zero-order valence-corrected chi connectivity index (χ0v) is 13.5. The molecule has 2 rings (SSSR count). The Morgan fingerprint density at radius 2 is 1.75 bits per heavy atom. The Balaban J connectivity index is 1.86. The van der Waals surface area contributed by atoms with Crippen LogP contribution >= 0.6 is 22.6 Å². The van der Waals surface area contributed by atoms with Crippen molar-refractivity contribution < 1.29 is 14.3 Å². The van der Waals surface area contributed by atoms with E-state index in [1.165, 1.54) is 12.8 Å². The van der Waals surface area contributed by atoms with Crippen molar-refractivity contribution in [2.75, 3.05) is 19.7 Å². The molecule has 1 aliphatic heterocycles. The molecule has 1 amide bonds. The number of amides is 1. The van der Waals surface area contributed by atoms with Crippen LogP contribution in [-0.4, -0.2) is 36.5 Å². The molecule has 1 aromatic carbocycles. The highest BCUT2D eigenvalue weighted by molar-refractivity contribution is 14.1. The Morgan fingerprint density at radius 1 is 1.10 bits per heavy atom. The summed E-state index contributed by atoms with van der Waals surface area (Å²) in [6.07, 6.45) is 4.42. The van der Waals surface area contributed by atoms with Gasteiger partial charge in [0.1, 0.15) is 0 Å². The number of halogens is 1. The van der Waals surface area contributed by atoms with Crippen LogP contribution in [-0.2, 0) is 9.53 Å². The lowest BCUT2D eigenvalue weighted by Crippen LogP contribution is -2.35. The van der Waals surface area contributed by atoms with Gasteiger partial charge in [-0.05, 0) is 47.6 Å². The molecule has 0 radical (unpaired) electrons. The summed E-state index contributed by atoms with van der Waals surface area (Å²) in [5, 5.41) is 0. The predicted octanol–water partition coefficient (Wildman–Crippen LogP) is 2.85. The molecular formula is C15H18INO3. The van der Waals surface area contributed by atoms with Crippen molar-refractivity contribution >= 4 is 34.5 Å². The van der Waals surface area contributed by atoms with E-state index in [1.807, 2.05) is 12.1 Å². The number of likely N-dealkylation sites (tertiary alicyclic amines) is 1.